The Hall–Kier alpha value is -7.52. The fourth-order valence-electron chi connectivity index (χ4n) is 9.92. The van der Waals surface area contributed by atoms with Gasteiger partial charge in [0, 0.05) is 103 Å². The van der Waals surface area contributed by atoms with Crippen LogP contribution < -0.4 is 48.3 Å². The van der Waals surface area contributed by atoms with E-state index >= 15 is 0 Å². The molecule has 2 aromatic rings. The molecule has 0 spiro atoms. The SMILES string of the molecule is CC1CCN(CCNC(=O)C2C=CC=C(C(=O)NCCOCCOCCN)C2O)CCNC(=O)c2cccc(c2O)C(=O)NCCN2CCNC(=O)C3=CC=CC(C(=O)NCCC1CCNC(=O)c1cccc(c1O)C(=O)NCC2)C3O. The highest BCUT2D eigenvalue weighted by molar-refractivity contribution is 6.05. The number of nitrogens with one attached hydrogen (secondary N) is 8. The first-order valence-corrected chi connectivity index (χ1v) is 27.9. The van der Waals surface area contributed by atoms with Gasteiger partial charge >= 0.3 is 0 Å². The van der Waals surface area contributed by atoms with E-state index in [2.05, 4.69) is 42.5 Å². The molecule has 446 valence electrons. The Morgan fingerprint density at radius 3 is 1.72 bits per heavy atom. The molecule has 2 aliphatic carbocycles. The van der Waals surface area contributed by atoms with E-state index in [1.165, 1.54) is 72.9 Å². The van der Waals surface area contributed by atoms with E-state index in [9.17, 15) is 58.8 Å². The Morgan fingerprint density at radius 1 is 0.610 bits per heavy atom. The lowest BCUT2D eigenvalue weighted by Crippen LogP contribution is -2.45. The lowest BCUT2D eigenvalue weighted by Gasteiger charge is -2.29. The molecule has 8 amide bonds. The van der Waals surface area contributed by atoms with Crippen LogP contribution >= 0.6 is 0 Å². The number of allylic oxidation sites excluding steroid dienone is 4. The number of aliphatic hydroxyl groups is 2. The van der Waals surface area contributed by atoms with Crippen LogP contribution in [0, 0.1) is 23.7 Å². The molecule has 14 N–H and O–H groups in total. The third-order valence-electron chi connectivity index (χ3n) is 14.8. The minimum Gasteiger partial charge on any atom is -0.506 e. The molecule has 7 unspecified atom stereocenters. The monoisotopic (exact) mass is 1140 g/mol. The van der Waals surface area contributed by atoms with E-state index in [1.54, 1.807) is 0 Å². The van der Waals surface area contributed by atoms with Crippen molar-refractivity contribution in [1.82, 2.24) is 52.3 Å². The number of phenols is 2. The van der Waals surface area contributed by atoms with Crippen LogP contribution in [-0.2, 0) is 28.7 Å². The number of phenolic OH excluding ortho intramolecular Hbond substituents is 2. The minimum atomic E-state index is -1.46. The summed E-state index contributed by atoms with van der Waals surface area (Å²) >= 11 is 0. The van der Waals surface area contributed by atoms with Gasteiger partial charge in [0.25, 0.3) is 23.6 Å². The summed E-state index contributed by atoms with van der Waals surface area (Å²) in [5, 5.41) is 67.6. The standard InChI is InChI=1S/C57H79N11O14/c1-36-16-26-67(28-21-62-53(76)44-12-5-13-45(49(44)72)57(80)66-25-33-82-35-34-81-32-17-58)27-20-61-52(75)42-10-4-11-43(48(42)71)56(79)65-24-31-68-29-22-63-54(77)40-8-2-6-38(46(40)69)50(73)59-18-14-37(36)15-19-60-51(74)39-7-3-9-41(47(39)70)55(78)64-23-30-68/h2-13,36-38,44,46,49,69-72H,14-35,58H2,1H3,(H,59,73)(H,60,74)(H,61,75)(H,62,76)(H,63,77)(H,64,78)(H,65,79)(H,66,80). The molecule has 3 heterocycles. The van der Waals surface area contributed by atoms with E-state index in [0.717, 1.165) is 0 Å². The molecule has 0 radical (unpaired) electrons. The zero-order valence-electron chi connectivity index (χ0n) is 46.3. The summed E-state index contributed by atoms with van der Waals surface area (Å²) in [7, 11) is 0. The van der Waals surface area contributed by atoms with Crippen molar-refractivity contribution < 1.29 is 68.3 Å². The number of aromatic hydroxyl groups is 2. The second-order valence-electron chi connectivity index (χ2n) is 20.3. The molecule has 5 aliphatic rings. The topological polar surface area (TPSA) is 365 Å². The second kappa shape index (κ2) is 32.8. The number of ether oxygens (including phenoxy) is 2. The zero-order valence-corrected chi connectivity index (χ0v) is 46.3. The highest BCUT2D eigenvalue weighted by atomic mass is 16.5. The van der Waals surface area contributed by atoms with Gasteiger partial charge in [-0.1, -0.05) is 55.5 Å². The highest BCUT2D eigenvalue weighted by Gasteiger charge is 2.34. The van der Waals surface area contributed by atoms with Gasteiger partial charge in [-0.3, -0.25) is 48.2 Å². The summed E-state index contributed by atoms with van der Waals surface area (Å²) in [4.78, 5) is 112. The molecule has 3 aliphatic heterocycles. The Bertz CT molecular complexity index is 2700. The Labute approximate surface area is 476 Å². The number of hydrogen-bond acceptors (Lipinski definition) is 17. The average Bonchev–Trinajstić information content (AvgIpc) is 3.52. The molecular formula is C57H79N11O14. The molecule has 2 aromatic carbocycles. The van der Waals surface area contributed by atoms with Gasteiger partial charge in [-0.2, -0.15) is 0 Å². The third kappa shape index (κ3) is 18.5. The van der Waals surface area contributed by atoms with Crippen LogP contribution in [-0.4, -0.2) is 214 Å². The van der Waals surface area contributed by atoms with Crippen molar-refractivity contribution in [2.45, 2.75) is 38.4 Å². The van der Waals surface area contributed by atoms with Gasteiger partial charge in [0.2, 0.25) is 23.6 Å². The summed E-state index contributed by atoms with van der Waals surface area (Å²) in [5.41, 5.74) is 4.84. The summed E-state index contributed by atoms with van der Waals surface area (Å²) in [6, 6.07) is 8.49. The largest absolute Gasteiger partial charge is 0.506 e. The predicted octanol–water partition coefficient (Wildman–Crippen LogP) is -1.83. The number of nitrogens with zero attached hydrogens (tertiary/aromatic N) is 2. The summed E-state index contributed by atoms with van der Waals surface area (Å²) in [5.74, 6) is -8.30. The number of nitrogens with two attached hydrogens (primary N) is 1. The first-order valence-electron chi connectivity index (χ1n) is 27.9. The molecular weight excluding hydrogens is 1060 g/mol. The molecule has 82 heavy (non-hydrogen) atoms. The first kappa shape index (κ1) is 63.7. The maximum atomic E-state index is 13.7. The van der Waals surface area contributed by atoms with Crippen LogP contribution in [0.4, 0.5) is 0 Å². The Kier molecular flexibility index (Phi) is 25.5. The van der Waals surface area contributed by atoms with Crippen molar-refractivity contribution in [1.29, 1.82) is 0 Å². The van der Waals surface area contributed by atoms with Crippen molar-refractivity contribution in [2.75, 3.05) is 125 Å². The average molecular weight is 1140 g/mol. The smallest absolute Gasteiger partial charge is 0.255 e. The molecule has 7 rings (SSSR count). The van der Waals surface area contributed by atoms with Crippen molar-refractivity contribution in [3.05, 3.63) is 106 Å². The van der Waals surface area contributed by atoms with Gasteiger partial charge in [-0.05, 0) is 61.9 Å². The fourth-order valence-corrected chi connectivity index (χ4v) is 9.92. The third-order valence-corrected chi connectivity index (χ3v) is 14.8. The van der Waals surface area contributed by atoms with E-state index in [-0.39, 0.29) is 137 Å². The van der Waals surface area contributed by atoms with E-state index in [1.807, 2.05) is 16.7 Å². The maximum Gasteiger partial charge on any atom is 0.255 e. The van der Waals surface area contributed by atoms with Crippen LogP contribution in [0.15, 0.2) is 84.0 Å². The van der Waals surface area contributed by atoms with E-state index in [4.69, 9.17) is 15.2 Å². The van der Waals surface area contributed by atoms with E-state index in [0.29, 0.717) is 52.2 Å². The molecule has 25 nitrogen and oxygen atoms in total. The normalized spacial score (nSPS) is 24.2. The molecule has 7 atom stereocenters. The number of para-hydroxylation sites is 2. The van der Waals surface area contributed by atoms with Crippen LogP contribution in [0.1, 0.15) is 67.6 Å². The van der Waals surface area contributed by atoms with E-state index < -0.39 is 82.8 Å². The Balaban J connectivity index is 1.22. The van der Waals surface area contributed by atoms with Crippen molar-refractivity contribution in [3.8, 4) is 11.5 Å². The van der Waals surface area contributed by atoms with Gasteiger partial charge in [0.05, 0.1) is 72.7 Å². The number of amides is 8. The van der Waals surface area contributed by atoms with Crippen LogP contribution in [0.5, 0.6) is 11.5 Å². The number of carbonyl (C=O) groups is 8. The number of rotatable bonds is 13. The quantitative estimate of drug-likeness (QED) is 0.0982. The van der Waals surface area contributed by atoms with Gasteiger partial charge < -0.3 is 78.2 Å². The number of fused-ring (bicyclic) bond motifs is 22. The first-order chi connectivity index (χ1) is 39.6. The van der Waals surface area contributed by atoms with Crippen molar-refractivity contribution >= 4 is 47.3 Å². The summed E-state index contributed by atoms with van der Waals surface area (Å²) in [6.45, 7) is 5.79. The van der Waals surface area contributed by atoms with Crippen LogP contribution in [0.2, 0.25) is 0 Å². The van der Waals surface area contributed by atoms with Crippen LogP contribution in [0.25, 0.3) is 0 Å². The van der Waals surface area contributed by atoms with Gasteiger partial charge in [0.15, 0.2) is 0 Å². The number of carbonyl (C=O) groups excluding carboxylic acids is 8. The van der Waals surface area contributed by atoms with Crippen molar-refractivity contribution in [3.63, 3.8) is 0 Å². The number of aliphatic hydroxyl groups excluding tert-OH is 2. The van der Waals surface area contributed by atoms with Gasteiger partial charge in [-0.15, -0.1) is 0 Å². The molecule has 25 heteroatoms. The number of benzene rings is 2. The second-order valence-corrected chi connectivity index (χ2v) is 20.3. The zero-order chi connectivity index (χ0) is 59.0. The maximum absolute atomic E-state index is 13.7. The Morgan fingerprint density at radius 2 is 1.13 bits per heavy atom. The lowest BCUT2D eigenvalue weighted by molar-refractivity contribution is -0.128. The van der Waals surface area contributed by atoms with Crippen molar-refractivity contribution in [2.24, 2.45) is 29.4 Å². The summed E-state index contributed by atoms with van der Waals surface area (Å²) in [6.07, 6.45) is 7.40. The fraction of sp³-hybridized carbons (Fsp3) is 0.509. The minimum absolute atomic E-state index is 0.00395. The molecule has 0 saturated heterocycles. The van der Waals surface area contributed by atoms with Gasteiger partial charge in [0.1, 0.15) is 11.5 Å². The molecule has 8 bridgehead atoms. The molecule has 0 fully saturated rings. The lowest BCUT2D eigenvalue weighted by atomic mass is 9.85. The molecule has 0 saturated carbocycles. The highest BCUT2D eigenvalue weighted by Crippen LogP contribution is 2.27. The van der Waals surface area contributed by atoms with Crippen LogP contribution in [0.3, 0.4) is 0 Å². The van der Waals surface area contributed by atoms with Gasteiger partial charge in [-0.25, -0.2) is 0 Å². The summed E-state index contributed by atoms with van der Waals surface area (Å²) < 4.78 is 10.7. The molecule has 0 aromatic heterocycles. The predicted molar refractivity (Wildman–Crippen MR) is 301 cm³/mol. The number of hydrogen-bond donors (Lipinski definition) is 13.